The van der Waals surface area contributed by atoms with Crippen LogP contribution in [-0.4, -0.2) is 250 Å². The van der Waals surface area contributed by atoms with Crippen molar-refractivity contribution >= 4 is 0 Å². The van der Waals surface area contributed by atoms with Crippen LogP contribution in [0.25, 0.3) is 0 Å². The number of aliphatic hydroxyl groups excluding tert-OH is 14. The molecule has 434 valence electrons. The predicted molar refractivity (Wildman–Crippen MR) is 252 cm³/mol. The van der Waals surface area contributed by atoms with Gasteiger partial charge in [-0.2, -0.15) is 0 Å². The molecule has 24 heteroatoms. The number of ether oxygens (including phenoxy) is 9. The highest BCUT2D eigenvalue weighted by Crippen LogP contribution is 2.71. The first-order chi connectivity index (χ1) is 35.5. The van der Waals surface area contributed by atoms with Gasteiger partial charge in [-0.25, -0.2) is 0 Å². The summed E-state index contributed by atoms with van der Waals surface area (Å²) in [5, 5.41) is 159. The van der Waals surface area contributed by atoms with Crippen molar-refractivity contribution in [3.63, 3.8) is 0 Å². The van der Waals surface area contributed by atoms with E-state index >= 15 is 0 Å². The molecule has 0 aromatic heterocycles. The first kappa shape index (κ1) is 58.7. The van der Waals surface area contributed by atoms with Gasteiger partial charge in [0.1, 0.15) is 97.7 Å². The monoisotopic (exact) mass is 1080 g/mol. The van der Waals surface area contributed by atoms with Crippen LogP contribution in [0, 0.1) is 52.3 Å². The quantitative estimate of drug-likeness (QED) is 0.0656. The molecular weight excluding hydrogens is 997 g/mol. The molecule has 0 bridgehead atoms. The molecule has 75 heavy (non-hydrogen) atoms. The molecule has 24 nitrogen and oxygen atoms in total. The van der Waals surface area contributed by atoms with E-state index in [9.17, 15) is 76.6 Å². The van der Waals surface area contributed by atoms with E-state index in [1.165, 1.54) is 0 Å². The number of aliphatic hydroxyl groups is 15. The molecule has 9 fully saturated rings. The van der Waals surface area contributed by atoms with Crippen LogP contribution in [0.2, 0.25) is 0 Å². The van der Waals surface area contributed by atoms with Crippen LogP contribution in [0.5, 0.6) is 0 Å². The molecule has 0 unspecified atom stereocenters. The first-order valence-electron chi connectivity index (χ1n) is 27.4. The number of rotatable bonds is 16. The Hall–Kier alpha value is -0.960. The summed E-state index contributed by atoms with van der Waals surface area (Å²) in [5.74, 6) is 0.0204. The Labute approximate surface area is 436 Å². The van der Waals surface area contributed by atoms with Gasteiger partial charge in [-0.15, -0.1) is 0 Å². The molecule has 9 aliphatic rings. The van der Waals surface area contributed by atoms with Crippen molar-refractivity contribution < 1.29 is 119 Å². The number of hydrogen-bond donors (Lipinski definition) is 15. The zero-order valence-electron chi connectivity index (χ0n) is 43.2. The lowest BCUT2D eigenvalue weighted by molar-refractivity contribution is -0.396. The smallest absolute Gasteiger partial charge is 0.187 e. The van der Waals surface area contributed by atoms with Gasteiger partial charge < -0.3 is 119 Å². The molecule has 5 saturated heterocycles. The van der Waals surface area contributed by atoms with Crippen LogP contribution < -0.4 is 0 Å². The molecule has 9 rings (SSSR count). The van der Waals surface area contributed by atoms with Gasteiger partial charge in [0.2, 0.25) is 0 Å². The molecule has 0 amide bonds. The summed E-state index contributed by atoms with van der Waals surface area (Å²) in [4.78, 5) is 0. The summed E-state index contributed by atoms with van der Waals surface area (Å²) in [7, 11) is 0. The van der Waals surface area contributed by atoms with Crippen LogP contribution in [0.3, 0.4) is 0 Å². The fraction of sp³-hybridized carbons (Fsp3) is 1.00. The minimum absolute atomic E-state index is 0.0545. The van der Waals surface area contributed by atoms with E-state index in [2.05, 4.69) is 20.8 Å². The average Bonchev–Trinajstić information content (AvgIpc) is 3.85. The van der Waals surface area contributed by atoms with Gasteiger partial charge in [0, 0.05) is 12.3 Å². The van der Waals surface area contributed by atoms with Gasteiger partial charge >= 0.3 is 0 Å². The van der Waals surface area contributed by atoms with Crippen LogP contribution in [0.1, 0.15) is 91.9 Å². The highest BCUT2D eigenvalue weighted by Gasteiger charge is 2.68. The van der Waals surface area contributed by atoms with Crippen molar-refractivity contribution in [2.24, 2.45) is 52.3 Å². The molecule has 32 atom stereocenters. The second-order valence-electron chi connectivity index (χ2n) is 24.3. The molecule has 5 heterocycles. The lowest BCUT2D eigenvalue weighted by atomic mass is 9.44. The fourth-order valence-corrected chi connectivity index (χ4v) is 15.6. The van der Waals surface area contributed by atoms with E-state index in [1.807, 2.05) is 6.92 Å². The van der Waals surface area contributed by atoms with Crippen LogP contribution >= 0.6 is 0 Å². The largest absolute Gasteiger partial charge is 0.394 e. The van der Waals surface area contributed by atoms with Crippen molar-refractivity contribution in [3.8, 4) is 0 Å². The highest BCUT2D eigenvalue weighted by atomic mass is 16.8. The average molecular weight is 1080 g/mol. The van der Waals surface area contributed by atoms with Crippen LogP contribution in [0.15, 0.2) is 0 Å². The zero-order valence-corrected chi connectivity index (χ0v) is 43.2. The number of hydrogen-bond acceptors (Lipinski definition) is 24. The molecule has 0 radical (unpaired) electrons. The number of fused-ring (bicyclic) bond motifs is 7. The summed E-state index contributed by atoms with van der Waals surface area (Å²) in [6.45, 7) is 6.12. The van der Waals surface area contributed by atoms with Crippen LogP contribution in [0.4, 0.5) is 0 Å². The normalized spacial score (nSPS) is 55.4. The molecule has 5 aliphatic heterocycles. The second-order valence-corrected chi connectivity index (χ2v) is 24.3. The summed E-state index contributed by atoms with van der Waals surface area (Å²) in [6.07, 6.45) is -24.9. The molecule has 0 aromatic rings. The molecule has 0 aromatic carbocycles. The van der Waals surface area contributed by atoms with E-state index in [0.717, 1.165) is 38.5 Å². The minimum atomic E-state index is -1.91. The summed E-state index contributed by atoms with van der Waals surface area (Å²) >= 11 is 0. The third-order valence-corrected chi connectivity index (χ3v) is 20.1. The molecule has 0 spiro atoms. The molecular formula is C51H86O24. The van der Waals surface area contributed by atoms with Gasteiger partial charge in [0.25, 0.3) is 0 Å². The maximum absolute atomic E-state index is 12.1. The van der Waals surface area contributed by atoms with Gasteiger partial charge in [0.05, 0.1) is 45.2 Å². The van der Waals surface area contributed by atoms with Gasteiger partial charge in [0.15, 0.2) is 30.9 Å². The van der Waals surface area contributed by atoms with Crippen molar-refractivity contribution in [3.05, 3.63) is 0 Å². The molecule has 15 N–H and O–H groups in total. The van der Waals surface area contributed by atoms with Gasteiger partial charge in [-0.05, 0) is 104 Å². The minimum Gasteiger partial charge on any atom is -0.394 e. The Kier molecular flexibility index (Phi) is 18.1. The van der Waals surface area contributed by atoms with E-state index in [0.29, 0.717) is 43.4 Å². The predicted octanol–water partition coefficient (Wildman–Crippen LogP) is -3.95. The van der Waals surface area contributed by atoms with E-state index in [-0.39, 0.29) is 47.2 Å². The lowest BCUT2D eigenvalue weighted by Gasteiger charge is -2.61. The maximum atomic E-state index is 12.1. The molecule has 4 aliphatic carbocycles. The van der Waals surface area contributed by atoms with E-state index in [1.54, 1.807) is 0 Å². The van der Waals surface area contributed by atoms with Crippen molar-refractivity contribution in [2.75, 3.05) is 33.0 Å². The topological polar surface area (TPSA) is 387 Å². The Morgan fingerprint density at radius 2 is 1.04 bits per heavy atom. The Bertz CT molecular complexity index is 1870. The maximum Gasteiger partial charge on any atom is 0.187 e. The second kappa shape index (κ2) is 23.1. The summed E-state index contributed by atoms with van der Waals surface area (Å²) in [6, 6.07) is 0. The first-order valence-corrected chi connectivity index (χ1v) is 27.4. The Morgan fingerprint density at radius 3 is 1.61 bits per heavy atom. The van der Waals surface area contributed by atoms with Crippen molar-refractivity contribution in [1.29, 1.82) is 0 Å². The van der Waals surface area contributed by atoms with Gasteiger partial charge in [-0.1, -0.05) is 27.7 Å². The third kappa shape index (κ3) is 10.7. The highest BCUT2D eigenvalue weighted by molar-refractivity contribution is 5.15. The van der Waals surface area contributed by atoms with Crippen LogP contribution in [-0.2, 0) is 42.6 Å². The summed E-state index contributed by atoms with van der Waals surface area (Å²) in [5.41, 5.74) is -0.117. The van der Waals surface area contributed by atoms with E-state index in [4.69, 9.17) is 42.6 Å². The van der Waals surface area contributed by atoms with E-state index < -0.39 is 161 Å². The third-order valence-electron chi connectivity index (χ3n) is 20.1. The van der Waals surface area contributed by atoms with Crippen molar-refractivity contribution in [2.45, 2.75) is 233 Å². The van der Waals surface area contributed by atoms with Gasteiger partial charge in [-0.3, -0.25) is 0 Å². The standard InChI is InChI=1S/C51H86O24/c1-20(19-67-45-40(63)37(60)33(56)28(15-52)69-45)7-12-51(66)21(2)32-27(75-51)14-26-24-6-5-22-13-23(8-10-49(22,3)25(24)9-11-50(26,32)4)68-48-44(74-47-42(65)39(62)35(58)30(17-54)71-47)43(36(59)31(18-55)72-48)73-46-41(64)38(61)34(57)29(16-53)70-46/h20-48,52-66H,5-19H2,1-4H3/t20-,21+,22-,23+,24-,25+,26-,27+,28-,29-,30-,31-,32+,33-,34-,35-,36+,37+,38+,39+,40-,41-,42-,43+,44-,45-,46+,47+,48-,49+,50+,51-/m1/s1. The Balaban J connectivity index is 0.852. The van der Waals surface area contributed by atoms with Crippen molar-refractivity contribution in [1.82, 2.24) is 0 Å². The Morgan fingerprint density at radius 1 is 0.533 bits per heavy atom. The lowest BCUT2D eigenvalue weighted by Crippen LogP contribution is -2.67. The SMILES string of the molecule is C[C@H](CC[C@@]1(O)O[C@H]2C[C@@H]3[C@@H]4CC[C@@H]5C[C@@H](O[C@@H]6O[C@H](CO)[C@H](O)[C@H](O[C@@H]7O[C@H](CO)[C@@H](O)[C@H](O)[C@H]7O)[C@H]6O[C@@H]6O[C@H](CO)[C@@H](O)[C@H](O)[C@H]6O)CC[C@]5(C)[C@H]4CC[C@]3(C)[C@H]2[C@@H]1C)CO[C@@H]1O[C@H](CO)[C@@H](O)[C@H](O)[C@H]1O. The molecule has 4 saturated carbocycles. The summed E-state index contributed by atoms with van der Waals surface area (Å²) < 4.78 is 54.6. The zero-order chi connectivity index (χ0) is 54.2. The fourth-order valence-electron chi connectivity index (χ4n) is 15.6.